The number of benzene rings is 2. The molecule has 2 heterocycles. The molecule has 0 aromatic heterocycles. The Balaban J connectivity index is 1.78. The number of carbonyl (C=O) groups is 3. The molecule has 2 atom stereocenters. The van der Waals surface area contributed by atoms with Crippen molar-refractivity contribution < 1.29 is 27.9 Å². The zero-order chi connectivity index (χ0) is 22.3. The highest BCUT2D eigenvalue weighted by atomic mass is 32.3. The summed E-state index contributed by atoms with van der Waals surface area (Å²) >= 11 is 0. The Labute approximate surface area is 179 Å². The zero-order valence-electron chi connectivity index (χ0n) is 16.8. The fraction of sp³-hybridized carbons (Fsp3) is 0.286. The molecule has 0 saturated carbocycles. The minimum absolute atomic E-state index is 0.0742. The summed E-state index contributed by atoms with van der Waals surface area (Å²) in [4.78, 5) is 38.2. The van der Waals surface area contributed by atoms with Gasteiger partial charge in [-0.1, -0.05) is 16.3 Å². The quantitative estimate of drug-likeness (QED) is 0.528. The Morgan fingerprint density at radius 2 is 1.94 bits per heavy atom. The van der Waals surface area contributed by atoms with E-state index >= 15 is 0 Å². The monoisotopic (exact) mass is 443 g/mol. The Kier molecular flexibility index (Phi) is 5.38. The van der Waals surface area contributed by atoms with Gasteiger partial charge in [0, 0.05) is 30.2 Å². The van der Waals surface area contributed by atoms with Gasteiger partial charge in [-0.2, -0.15) is 0 Å². The van der Waals surface area contributed by atoms with Gasteiger partial charge in [-0.15, -0.1) is 5.14 Å². The molecule has 10 heteroatoms. The van der Waals surface area contributed by atoms with Gasteiger partial charge in [-0.3, -0.25) is 19.7 Å². The maximum absolute atomic E-state index is 13.1. The molecule has 2 unspecified atom stereocenters. The maximum Gasteiger partial charge on any atom is 0.255 e. The average Bonchev–Trinajstić information content (AvgIpc) is 3.04. The van der Waals surface area contributed by atoms with Crippen LogP contribution in [0.2, 0.25) is 0 Å². The molecule has 9 nitrogen and oxygen atoms in total. The van der Waals surface area contributed by atoms with Crippen LogP contribution in [0, 0.1) is 0 Å². The first-order valence-corrected chi connectivity index (χ1v) is 11.3. The summed E-state index contributed by atoms with van der Waals surface area (Å²) in [6.45, 7) is 2.32. The lowest BCUT2D eigenvalue weighted by Gasteiger charge is -2.29. The van der Waals surface area contributed by atoms with Gasteiger partial charge in [-0.25, -0.2) is 0 Å². The first-order chi connectivity index (χ1) is 14.7. The standard InChI is InChI=1S/C21H21N3O6S/c1-2-30-18-8-6-12(31(22,28)29)10-15(18)13-4-3-5-14-16(13)11-24(21(14)27)17-7-9-19(25)23-20(17)26/h3-6,8,10,17H,2,7,9,11H2,1H3,(H3-,22,23,25,26,28,29). The Bertz CT molecular complexity index is 1140. The highest BCUT2D eigenvalue weighted by Crippen LogP contribution is 2.39. The van der Waals surface area contributed by atoms with Crippen LogP contribution in [0.4, 0.5) is 0 Å². The SMILES string of the molecule is CCOc1ccc([S+](N)(=O)[O-])cc1-c1cccc2c1CN(C1CCC(=O)NC1=O)C2=O. The summed E-state index contributed by atoms with van der Waals surface area (Å²) in [5, 5.41) is 7.58. The summed E-state index contributed by atoms with van der Waals surface area (Å²) in [5.41, 5.74) is 2.19. The highest BCUT2D eigenvalue weighted by Gasteiger charge is 2.40. The van der Waals surface area contributed by atoms with E-state index in [1.165, 1.54) is 23.1 Å². The first-order valence-electron chi connectivity index (χ1n) is 9.77. The molecule has 2 aromatic carbocycles. The number of nitrogens with zero attached hydrogens (tertiary/aromatic N) is 1. The van der Waals surface area contributed by atoms with Crippen LogP contribution < -0.4 is 15.2 Å². The van der Waals surface area contributed by atoms with E-state index in [1.54, 1.807) is 25.1 Å². The number of rotatable bonds is 5. The Morgan fingerprint density at radius 1 is 1.19 bits per heavy atom. The summed E-state index contributed by atoms with van der Waals surface area (Å²) in [7, 11) is -3.95. The number of amides is 3. The van der Waals surface area contributed by atoms with E-state index in [0.29, 0.717) is 34.6 Å². The van der Waals surface area contributed by atoms with Crippen molar-refractivity contribution in [2.75, 3.05) is 6.61 Å². The van der Waals surface area contributed by atoms with Gasteiger partial charge in [0.1, 0.15) is 11.8 Å². The predicted octanol–water partition coefficient (Wildman–Crippen LogP) is 1.38. The number of hydrogen-bond acceptors (Lipinski definition) is 6. The molecular weight excluding hydrogens is 422 g/mol. The van der Waals surface area contributed by atoms with Crippen LogP contribution in [0.1, 0.15) is 35.7 Å². The minimum Gasteiger partial charge on any atom is -0.593 e. The number of nitrogens with one attached hydrogen (secondary N) is 1. The van der Waals surface area contributed by atoms with Gasteiger partial charge in [-0.05, 0) is 42.7 Å². The van der Waals surface area contributed by atoms with Gasteiger partial charge in [0.15, 0.2) is 15.3 Å². The summed E-state index contributed by atoms with van der Waals surface area (Å²) < 4.78 is 29.5. The van der Waals surface area contributed by atoms with E-state index in [2.05, 4.69) is 5.32 Å². The normalized spacial score (nSPS) is 20.3. The molecular formula is C21H21N3O6S. The highest BCUT2D eigenvalue weighted by molar-refractivity contribution is 7.95. The van der Waals surface area contributed by atoms with Gasteiger partial charge in [0.05, 0.1) is 6.61 Å². The van der Waals surface area contributed by atoms with Crippen LogP contribution >= 0.6 is 0 Å². The van der Waals surface area contributed by atoms with E-state index < -0.39 is 22.3 Å². The van der Waals surface area contributed by atoms with Gasteiger partial charge >= 0.3 is 0 Å². The van der Waals surface area contributed by atoms with Crippen molar-refractivity contribution in [2.24, 2.45) is 5.14 Å². The molecule has 2 aliphatic heterocycles. The second-order valence-corrected chi connectivity index (χ2v) is 8.93. The van der Waals surface area contributed by atoms with Gasteiger partial charge in [0.25, 0.3) is 5.91 Å². The number of carbonyl (C=O) groups excluding carboxylic acids is 3. The smallest absolute Gasteiger partial charge is 0.255 e. The Morgan fingerprint density at radius 3 is 2.61 bits per heavy atom. The lowest BCUT2D eigenvalue weighted by Crippen LogP contribution is -2.52. The number of nitrogens with two attached hydrogens (primary N) is 1. The van der Waals surface area contributed by atoms with Crippen molar-refractivity contribution in [3.05, 3.63) is 47.5 Å². The number of imide groups is 1. The topological polar surface area (TPSA) is 142 Å². The van der Waals surface area contributed by atoms with Gasteiger partial charge in [0.2, 0.25) is 11.8 Å². The third-order valence-electron chi connectivity index (χ3n) is 5.45. The molecule has 0 bridgehead atoms. The third-order valence-corrected chi connectivity index (χ3v) is 6.36. The van der Waals surface area contributed by atoms with E-state index in [9.17, 15) is 23.1 Å². The fourth-order valence-electron chi connectivity index (χ4n) is 4.02. The maximum atomic E-state index is 13.1. The molecule has 3 amide bonds. The lowest BCUT2D eigenvalue weighted by atomic mass is 9.96. The zero-order valence-corrected chi connectivity index (χ0v) is 17.6. The van der Waals surface area contributed by atoms with Crippen LogP contribution in [0.5, 0.6) is 5.75 Å². The third kappa shape index (κ3) is 3.85. The van der Waals surface area contributed by atoms with E-state index in [-0.39, 0.29) is 36.1 Å². The summed E-state index contributed by atoms with van der Waals surface area (Å²) in [6, 6.07) is 8.71. The van der Waals surface area contributed by atoms with Crippen LogP contribution in [0.15, 0.2) is 41.3 Å². The fourth-order valence-corrected chi connectivity index (χ4v) is 4.56. The molecule has 2 aromatic rings. The Hall–Kier alpha value is -3.08. The second-order valence-electron chi connectivity index (χ2n) is 7.37. The molecule has 4 rings (SSSR count). The molecule has 0 spiro atoms. The van der Waals surface area contributed by atoms with Crippen molar-refractivity contribution >= 4 is 28.1 Å². The van der Waals surface area contributed by atoms with Crippen LogP contribution in [0.3, 0.4) is 0 Å². The van der Waals surface area contributed by atoms with Crippen LogP contribution in [-0.4, -0.2) is 39.8 Å². The van der Waals surface area contributed by atoms with Crippen molar-refractivity contribution in [3.63, 3.8) is 0 Å². The van der Waals surface area contributed by atoms with Crippen LogP contribution in [-0.2, 0) is 30.7 Å². The number of primary sulfonamides is 1. The van der Waals surface area contributed by atoms with E-state index in [0.717, 1.165) is 0 Å². The number of ether oxygens (including phenoxy) is 1. The molecule has 1 fully saturated rings. The second kappa shape index (κ2) is 7.88. The number of piperidine rings is 1. The van der Waals surface area contributed by atoms with Crippen molar-refractivity contribution in [1.29, 1.82) is 0 Å². The summed E-state index contributed by atoms with van der Waals surface area (Å²) in [5.74, 6) is -0.709. The van der Waals surface area contributed by atoms with Gasteiger partial charge < -0.3 is 14.2 Å². The lowest BCUT2D eigenvalue weighted by molar-refractivity contribution is -0.136. The van der Waals surface area contributed by atoms with E-state index in [1.807, 2.05) is 0 Å². The molecule has 31 heavy (non-hydrogen) atoms. The minimum atomic E-state index is -3.95. The largest absolute Gasteiger partial charge is 0.593 e. The molecule has 3 N–H and O–H groups in total. The summed E-state index contributed by atoms with van der Waals surface area (Å²) in [6.07, 6.45) is 0.416. The molecule has 1 saturated heterocycles. The number of hydrogen-bond donors (Lipinski definition) is 2. The molecule has 0 aliphatic carbocycles. The average molecular weight is 443 g/mol. The number of sulfonamides is 1. The molecule has 162 valence electrons. The first kappa shape index (κ1) is 21.2. The van der Waals surface area contributed by atoms with Crippen molar-refractivity contribution in [3.8, 4) is 16.9 Å². The predicted molar refractivity (Wildman–Crippen MR) is 110 cm³/mol. The van der Waals surface area contributed by atoms with Crippen LogP contribution in [0.25, 0.3) is 11.1 Å². The van der Waals surface area contributed by atoms with Crippen molar-refractivity contribution in [2.45, 2.75) is 37.2 Å². The van der Waals surface area contributed by atoms with Crippen molar-refractivity contribution in [1.82, 2.24) is 10.2 Å². The number of fused-ring (bicyclic) bond motifs is 1. The van der Waals surface area contributed by atoms with E-state index in [4.69, 9.17) is 9.88 Å². The molecule has 0 radical (unpaired) electrons. The molecule has 2 aliphatic rings.